The molecule has 21 heavy (non-hydrogen) atoms. The lowest BCUT2D eigenvalue weighted by Gasteiger charge is -2.17. The molecule has 0 saturated heterocycles. The molecule has 0 N–H and O–H groups in total. The molecule has 0 unspecified atom stereocenters. The van der Waals surface area contributed by atoms with Crippen LogP contribution < -0.4 is 5.06 Å². The fraction of sp³-hybridized carbons (Fsp3) is 0.235. The minimum Gasteiger partial charge on any atom is -0.374 e. The van der Waals surface area contributed by atoms with Gasteiger partial charge >= 0.3 is 0 Å². The van der Waals surface area contributed by atoms with Crippen molar-refractivity contribution in [2.24, 2.45) is 0 Å². The van der Waals surface area contributed by atoms with E-state index in [9.17, 15) is 4.79 Å². The number of carbonyl (C=O) groups is 1. The average molecular weight is 285 g/mol. The number of amides is 1. The van der Waals surface area contributed by atoms with Crippen molar-refractivity contribution in [2.75, 3.05) is 18.3 Å². The van der Waals surface area contributed by atoms with Crippen molar-refractivity contribution in [3.63, 3.8) is 0 Å². The molecular weight excluding hydrogens is 266 g/mol. The van der Waals surface area contributed by atoms with Crippen molar-refractivity contribution in [1.29, 1.82) is 0 Å². The van der Waals surface area contributed by atoms with Gasteiger partial charge < -0.3 is 4.74 Å². The van der Waals surface area contributed by atoms with Gasteiger partial charge in [0.1, 0.15) is 0 Å². The van der Waals surface area contributed by atoms with Crippen molar-refractivity contribution in [2.45, 2.75) is 13.5 Å². The molecule has 0 aliphatic heterocycles. The fourth-order valence-corrected chi connectivity index (χ4v) is 1.82. The molecule has 4 heteroatoms. The SMILES string of the molecule is Cc1ccc(N(C=O)OCCOCc2ccccc2)cc1. The van der Waals surface area contributed by atoms with Crippen molar-refractivity contribution >= 4 is 12.1 Å². The van der Waals surface area contributed by atoms with Gasteiger partial charge in [0.25, 0.3) is 0 Å². The summed E-state index contributed by atoms with van der Waals surface area (Å²) in [7, 11) is 0. The number of aryl methyl sites for hydroxylation is 1. The molecule has 0 heterocycles. The minimum atomic E-state index is 0.319. The quantitative estimate of drug-likeness (QED) is 0.425. The van der Waals surface area contributed by atoms with Gasteiger partial charge in [0.2, 0.25) is 6.41 Å². The molecule has 0 aromatic heterocycles. The van der Waals surface area contributed by atoms with E-state index in [0.717, 1.165) is 11.1 Å². The summed E-state index contributed by atoms with van der Waals surface area (Å²) in [4.78, 5) is 16.4. The van der Waals surface area contributed by atoms with Crippen LogP contribution in [0.3, 0.4) is 0 Å². The Balaban J connectivity index is 1.71. The maximum atomic E-state index is 11.0. The van der Waals surface area contributed by atoms with Gasteiger partial charge in [0.05, 0.1) is 25.5 Å². The third-order valence-electron chi connectivity index (χ3n) is 2.95. The van der Waals surface area contributed by atoms with E-state index in [1.807, 2.05) is 61.5 Å². The number of hydrogen-bond donors (Lipinski definition) is 0. The van der Waals surface area contributed by atoms with Gasteiger partial charge in [-0.3, -0.25) is 9.63 Å². The topological polar surface area (TPSA) is 38.8 Å². The van der Waals surface area contributed by atoms with Crippen LogP contribution in [0, 0.1) is 6.92 Å². The molecule has 2 rings (SSSR count). The third kappa shape index (κ3) is 5.02. The Morgan fingerprint density at radius 1 is 1.00 bits per heavy atom. The summed E-state index contributed by atoms with van der Waals surface area (Å²) in [6.07, 6.45) is 0.655. The molecule has 0 aliphatic rings. The second-order valence-electron chi connectivity index (χ2n) is 4.64. The van der Waals surface area contributed by atoms with Crippen LogP contribution >= 0.6 is 0 Å². The molecule has 0 aliphatic carbocycles. The normalized spacial score (nSPS) is 10.3. The van der Waals surface area contributed by atoms with Crippen LogP contribution in [0.1, 0.15) is 11.1 Å². The summed E-state index contributed by atoms with van der Waals surface area (Å²) >= 11 is 0. The van der Waals surface area contributed by atoms with Crippen LogP contribution in [0.25, 0.3) is 0 Å². The predicted molar refractivity (Wildman–Crippen MR) is 81.8 cm³/mol. The summed E-state index contributed by atoms with van der Waals surface area (Å²) in [5.74, 6) is 0. The summed E-state index contributed by atoms with van der Waals surface area (Å²) < 4.78 is 5.50. The number of hydrogen-bond acceptors (Lipinski definition) is 3. The van der Waals surface area contributed by atoms with E-state index in [0.29, 0.717) is 31.9 Å². The van der Waals surface area contributed by atoms with Gasteiger partial charge in [-0.15, -0.1) is 0 Å². The van der Waals surface area contributed by atoms with Gasteiger partial charge in [0.15, 0.2) is 0 Å². The van der Waals surface area contributed by atoms with Gasteiger partial charge in [-0.1, -0.05) is 48.0 Å². The smallest absolute Gasteiger partial charge is 0.238 e. The lowest BCUT2D eigenvalue weighted by Crippen LogP contribution is -2.23. The van der Waals surface area contributed by atoms with Crippen LogP contribution in [0.2, 0.25) is 0 Å². The lowest BCUT2D eigenvalue weighted by molar-refractivity contribution is -0.114. The van der Waals surface area contributed by atoms with Crippen molar-refractivity contribution in [3.05, 3.63) is 65.7 Å². The summed E-state index contributed by atoms with van der Waals surface area (Å²) in [5.41, 5.74) is 2.96. The highest BCUT2D eigenvalue weighted by Crippen LogP contribution is 2.13. The van der Waals surface area contributed by atoms with Crippen LogP contribution in [0.5, 0.6) is 0 Å². The highest BCUT2D eigenvalue weighted by atomic mass is 16.7. The number of carbonyl (C=O) groups excluding carboxylic acids is 1. The highest BCUT2D eigenvalue weighted by molar-refractivity contribution is 5.72. The Hall–Kier alpha value is -2.17. The maximum Gasteiger partial charge on any atom is 0.238 e. The minimum absolute atomic E-state index is 0.319. The van der Waals surface area contributed by atoms with E-state index in [2.05, 4.69) is 0 Å². The zero-order chi connectivity index (χ0) is 14.9. The Bertz CT molecular complexity index is 540. The van der Waals surface area contributed by atoms with Gasteiger partial charge in [-0.05, 0) is 24.6 Å². The molecule has 2 aromatic rings. The number of nitrogens with zero attached hydrogens (tertiary/aromatic N) is 1. The predicted octanol–water partition coefficient (Wildman–Crippen LogP) is 3.11. The maximum absolute atomic E-state index is 11.0. The zero-order valence-corrected chi connectivity index (χ0v) is 12.1. The first-order valence-electron chi connectivity index (χ1n) is 6.85. The molecule has 0 radical (unpaired) electrons. The lowest BCUT2D eigenvalue weighted by atomic mass is 10.2. The van der Waals surface area contributed by atoms with Crippen LogP contribution in [-0.4, -0.2) is 19.6 Å². The standard InChI is InChI=1S/C17H19NO3/c1-15-7-9-17(10-8-15)18(14-19)21-12-11-20-13-16-5-3-2-4-6-16/h2-10,14H,11-13H2,1H3. The number of hydroxylamine groups is 1. The van der Waals surface area contributed by atoms with Crippen molar-refractivity contribution < 1.29 is 14.4 Å². The van der Waals surface area contributed by atoms with Crippen LogP contribution in [-0.2, 0) is 21.0 Å². The first-order valence-corrected chi connectivity index (χ1v) is 6.85. The number of benzene rings is 2. The third-order valence-corrected chi connectivity index (χ3v) is 2.95. The van der Waals surface area contributed by atoms with Gasteiger partial charge in [0, 0.05) is 0 Å². The monoisotopic (exact) mass is 285 g/mol. The Morgan fingerprint density at radius 3 is 2.38 bits per heavy atom. The molecule has 2 aromatic carbocycles. The molecular formula is C17H19NO3. The fourth-order valence-electron chi connectivity index (χ4n) is 1.82. The first-order chi connectivity index (χ1) is 10.3. The molecule has 110 valence electrons. The van der Waals surface area contributed by atoms with Gasteiger partial charge in [-0.2, -0.15) is 5.06 Å². The van der Waals surface area contributed by atoms with E-state index in [-0.39, 0.29) is 0 Å². The number of ether oxygens (including phenoxy) is 1. The van der Waals surface area contributed by atoms with Gasteiger partial charge in [-0.25, -0.2) is 0 Å². The number of rotatable bonds is 8. The van der Waals surface area contributed by atoms with E-state index < -0.39 is 0 Å². The summed E-state index contributed by atoms with van der Waals surface area (Å²) in [6.45, 7) is 3.27. The number of anilines is 1. The Labute approximate surface area is 124 Å². The van der Waals surface area contributed by atoms with E-state index in [1.165, 1.54) is 5.06 Å². The molecule has 0 spiro atoms. The van der Waals surface area contributed by atoms with E-state index >= 15 is 0 Å². The second kappa shape index (κ2) is 8.19. The summed E-state index contributed by atoms with van der Waals surface area (Å²) in [6, 6.07) is 17.5. The van der Waals surface area contributed by atoms with E-state index in [4.69, 9.17) is 9.57 Å². The molecule has 1 amide bonds. The van der Waals surface area contributed by atoms with Crippen molar-refractivity contribution in [3.8, 4) is 0 Å². The average Bonchev–Trinajstić information content (AvgIpc) is 2.53. The molecule has 0 saturated carbocycles. The molecule has 0 fully saturated rings. The van der Waals surface area contributed by atoms with Crippen LogP contribution in [0.4, 0.5) is 5.69 Å². The largest absolute Gasteiger partial charge is 0.374 e. The van der Waals surface area contributed by atoms with Crippen molar-refractivity contribution in [1.82, 2.24) is 0 Å². The Kier molecular flexibility index (Phi) is 5.94. The Morgan fingerprint density at radius 2 is 1.71 bits per heavy atom. The molecule has 0 atom stereocenters. The zero-order valence-electron chi connectivity index (χ0n) is 12.1. The van der Waals surface area contributed by atoms with Crippen LogP contribution in [0.15, 0.2) is 54.6 Å². The molecule has 0 bridgehead atoms. The summed E-state index contributed by atoms with van der Waals surface area (Å²) in [5, 5.41) is 1.21. The first kappa shape index (κ1) is 15.2. The molecule has 4 nitrogen and oxygen atoms in total. The highest BCUT2D eigenvalue weighted by Gasteiger charge is 2.05. The van der Waals surface area contributed by atoms with E-state index in [1.54, 1.807) is 0 Å². The second-order valence-corrected chi connectivity index (χ2v) is 4.64.